The van der Waals surface area contributed by atoms with Crippen LogP contribution in [0.4, 0.5) is 0 Å². The van der Waals surface area contributed by atoms with E-state index in [-0.39, 0.29) is 0 Å². The van der Waals surface area contributed by atoms with Gasteiger partial charge >= 0.3 is 5.97 Å². The Kier molecular flexibility index (Phi) is 2.76. The largest absolute Gasteiger partial charge is 0.480 e. The lowest BCUT2D eigenvalue weighted by molar-refractivity contribution is -0.477. The van der Waals surface area contributed by atoms with Crippen molar-refractivity contribution in [2.24, 2.45) is 0 Å². The zero-order valence-corrected chi connectivity index (χ0v) is 11.1. The van der Waals surface area contributed by atoms with Gasteiger partial charge in [-0.1, -0.05) is 35.2 Å². The van der Waals surface area contributed by atoms with Gasteiger partial charge in [0.25, 0.3) is 4.66 Å². The number of thioether (sulfide) groups is 1. The van der Waals surface area contributed by atoms with E-state index in [1.807, 2.05) is 28.5 Å². The number of carboxylic acids is 1. The molecule has 1 atom stereocenters. The molecule has 1 fully saturated rings. The van der Waals surface area contributed by atoms with E-state index in [2.05, 4.69) is 12.0 Å². The molecule has 4 nitrogen and oxygen atoms in total. The average molecular weight is 279 g/mol. The van der Waals surface area contributed by atoms with Gasteiger partial charge in [0, 0.05) is 11.8 Å². The first-order valence-corrected chi connectivity index (χ1v) is 7.21. The SMILES string of the molecule is C=[n+]1c(=C2NC(C(=O)O)CS2)sc2ccccc21. The Balaban J connectivity index is 2.18. The molecular weight excluding hydrogens is 268 g/mol. The lowest BCUT2D eigenvalue weighted by Crippen LogP contribution is -2.37. The number of aromatic nitrogens is 1. The molecule has 0 aliphatic carbocycles. The molecule has 0 spiro atoms. The van der Waals surface area contributed by atoms with Crippen LogP contribution in [-0.4, -0.2) is 22.9 Å². The van der Waals surface area contributed by atoms with E-state index in [1.54, 1.807) is 11.3 Å². The van der Waals surface area contributed by atoms with Crippen molar-refractivity contribution in [1.82, 2.24) is 5.32 Å². The van der Waals surface area contributed by atoms with Crippen LogP contribution < -0.4 is 14.2 Å². The zero-order valence-electron chi connectivity index (χ0n) is 9.42. The predicted molar refractivity (Wildman–Crippen MR) is 72.8 cm³/mol. The number of nitrogens with one attached hydrogen (secondary N) is 1. The van der Waals surface area contributed by atoms with Gasteiger partial charge in [0.15, 0.2) is 5.03 Å². The number of carboxylic acid groups (broad SMARTS) is 1. The summed E-state index contributed by atoms with van der Waals surface area (Å²) in [5.41, 5.74) is 1.06. The van der Waals surface area contributed by atoms with Gasteiger partial charge in [-0.2, -0.15) is 4.24 Å². The van der Waals surface area contributed by atoms with E-state index in [1.165, 1.54) is 11.8 Å². The van der Waals surface area contributed by atoms with Gasteiger partial charge in [0.1, 0.15) is 17.5 Å². The number of hydrogen-bond donors (Lipinski definition) is 2. The van der Waals surface area contributed by atoms with Crippen molar-refractivity contribution in [3.8, 4) is 0 Å². The lowest BCUT2D eigenvalue weighted by atomic mass is 10.3. The fraction of sp³-hybridized carbons (Fsp3) is 0.167. The van der Waals surface area contributed by atoms with E-state index in [0.29, 0.717) is 5.75 Å². The highest BCUT2D eigenvalue weighted by molar-refractivity contribution is 8.08. The van der Waals surface area contributed by atoms with E-state index in [0.717, 1.165) is 19.9 Å². The molecule has 92 valence electrons. The molecule has 1 aliphatic heterocycles. The third-order valence-electron chi connectivity index (χ3n) is 2.80. The van der Waals surface area contributed by atoms with Crippen LogP contribution in [-0.2, 0) is 4.79 Å². The Morgan fingerprint density at radius 2 is 2.28 bits per heavy atom. The summed E-state index contributed by atoms with van der Waals surface area (Å²) in [5.74, 6) is -0.256. The summed E-state index contributed by atoms with van der Waals surface area (Å²) in [6, 6.07) is 7.51. The maximum atomic E-state index is 10.9. The zero-order chi connectivity index (χ0) is 12.7. The molecule has 2 aromatic rings. The molecule has 1 aromatic carbocycles. The second kappa shape index (κ2) is 4.29. The fourth-order valence-electron chi connectivity index (χ4n) is 1.87. The van der Waals surface area contributed by atoms with Crippen molar-refractivity contribution >= 4 is 44.3 Å². The van der Waals surface area contributed by atoms with Gasteiger partial charge in [-0.25, -0.2) is 4.79 Å². The third kappa shape index (κ3) is 1.77. The van der Waals surface area contributed by atoms with Gasteiger partial charge in [0.2, 0.25) is 5.52 Å². The van der Waals surface area contributed by atoms with Crippen molar-refractivity contribution in [3.63, 3.8) is 0 Å². The predicted octanol–water partition coefficient (Wildman–Crippen LogP) is 0.684. The van der Waals surface area contributed by atoms with Gasteiger partial charge in [0.05, 0.1) is 0 Å². The number of carbonyl (C=O) groups is 1. The molecule has 1 aromatic heterocycles. The summed E-state index contributed by atoms with van der Waals surface area (Å²) in [5, 5.41) is 12.9. The molecule has 0 bridgehead atoms. The van der Waals surface area contributed by atoms with Crippen molar-refractivity contribution < 1.29 is 14.1 Å². The summed E-state index contributed by atoms with van der Waals surface area (Å²) < 4.78 is 3.99. The third-order valence-corrected chi connectivity index (χ3v) is 5.21. The molecule has 0 radical (unpaired) electrons. The Morgan fingerprint density at radius 3 is 2.94 bits per heavy atom. The van der Waals surface area contributed by atoms with Crippen molar-refractivity contribution in [3.05, 3.63) is 35.6 Å². The number of hydrogen-bond acceptors (Lipinski definition) is 4. The molecule has 0 saturated carbocycles. The minimum atomic E-state index is -0.811. The van der Waals surface area contributed by atoms with Crippen LogP contribution in [0.2, 0.25) is 0 Å². The maximum absolute atomic E-state index is 10.9. The second-order valence-corrected chi connectivity index (χ2v) is 6.04. The first-order chi connectivity index (χ1) is 8.66. The number of fused-ring (bicyclic) bond motifs is 1. The van der Waals surface area contributed by atoms with Crippen molar-refractivity contribution in [1.29, 1.82) is 0 Å². The molecule has 2 N–H and O–H groups in total. The van der Waals surface area contributed by atoms with Crippen LogP contribution in [0.15, 0.2) is 24.3 Å². The topological polar surface area (TPSA) is 55.2 Å². The van der Waals surface area contributed by atoms with Crippen LogP contribution in [0.1, 0.15) is 0 Å². The number of aliphatic carboxylic acids is 1. The second-order valence-electron chi connectivity index (χ2n) is 3.98. The van der Waals surface area contributed by atoms with Gasteiger partial charge in [-0.15, -0.1) is 0 Å². The van der Waals surface area contributed by atoms with E-state index >= 15 is 0 Å². The summed E-state index contributed by atoms with van der Waals surface area (Å²) in [4.78, 5) is 10.9. The standard InChI is InChI=1S/C12H10N2O2S2/c1-14-8-4-2-3-5-9(8)18-11(14)10-13-7(6-17-10)12(15)16/h2-5,7,13H,1,6H2/p+1. The fourth-order valence-corrected chi connectivity index (χ4v) is 4.19. The van der Waals surface area contributed by atoms with E-state index in [4.69, 9.17) is 5.11 Å². The molecule has 18 heavy (non-hydrogen) atoms. The van der Waals surface area contributed by atoms with Crippen molar-refractivity contribution in [2.45, 2.75) is 6.04 Å². The number of rotatable bonds is 1. The highest BCUT2D eigenvalue weighted by Crippen LogP contribution is 2.23. The van der Waals surface area contributed by atoms with Crippen LogP contribution in [0, 0.1) is 6.72 Å². The Labute approximate surface area is 111 Å². The quantitative estimate of drug-likeness (QED) is 0.754. The molecular formula is C12H11N2O2S2+. The van der Waals surface area contributed by atoms with Crippen LogP contribution >= 0.6 is 23.1 Å². The smallest absolute Gasteiger partial charge is 0.327 e. The van der Waals surface area contributed by atoms with E-state index in [9.17, 15) is 4.79 Å². The Bertz CT molecular complexity index is 738. The summed E-state index contributed by atoms with van der Waals surface area (Å²) >= 11 is 3.16. The molecule has 3 rings (SSSR count). The number of benzene rings is 1. The highest BCUT2D eigenvalue weighted by Gasteiger charge is 2.28. The van der Waals surface area contributed by atoms with E-state index < -0.39 is 12.0 Å². The van der Waals surface area contributed by atoms with Gasteiger partial charge < -0.3 is 10.4 Å². The van der Waals surface area contributed by atoms with Gasteiger partial charge in [-0.05, 0) is 6.07 Å². The minimum absolute atomic E-state index is 0.504. The number of nitrogens with zero attached hydrogens (tertiary/aromatic N) is 1. The average Bonchev–Trinajstić information content (AvgIpc) is 2.95. The molecule has 0 amide bonds. The molecule has 1 unspecified atom stereocenters. The summed E-state index contributed by atoms with van der Waals surface area (Å²) in [7, 11) is 0. The molecule has 1 aliphatic rings. The summed E-state index contributed by atoms with van der Waals surface area (Å²) in [6.45, 7) is 4.03. The number of para-hydroxylation sites is 1. The molecule has 1 saturated heterocycles. The van der Waals surface area contributed by atoms with Crippen LogP contribution in [0.3, 0.4) is 0 Å². The van der Waals surface area contributed by atoms with Crippen molar-refractivity contribution in [2.75, 3.05) is 5.75 Å². The monoisotopic (exact) mass is 279 g/mol. The maximum Gasteiger partial charge on any atom is 0.327 e. The van der Waals surface area contributed by atoms with Crippen LogP contribution in [0.25, 0.3) is 15.2 Å². The minimum Gasteiger partial charge on any atom is -0.480 e. The lowest BCUT2D eigenvalue weighted by Gasteiger charge is -2.00. The first-order valence-electron chi connectivity index (χ1n) is 5.41. The Morgan fingerprint density at radius 1 is 1.50 bits per heavy atom. The van der Waals surface area contributed by atoms with Crippen LogP contribution in [0.5, 0.6) is 0 Å². The summed E-state index contributed by atoms with van der Waals surface area (Å²) in [6.07, 6.45) is 0. The number of thiazole rings is 1. The molecule has 6 heteroatoms. The molecule has 2 heterocycles. The van der Waals surface area contributed by atoms with Gasteiger partial charge in [-0.3, -0.25) is 0 Å². The Hall–Kier alpha value is -1.53. The first kappa shape index (κ1) is 11.6. The highest BCUT2D eigenvalue weighted by atomic mass is 32.2. The normalized spacial score (nSPS) is 22.1.